The van der Waals surface area contributed by atoms with Crippen LogP contribution in [0, 0.1) is 12.8 Å². The summed E-state index contributed by atoms with van der Waals surface area (Å²) in [7, 11) is 0. The van der Waals surface area contributed by atoms with Gasteiger partial charge in [0.1, 0.15) is 5.69 Å². The molecule has 106 valence electrons. The van der Waals surface area contributed by atoms with Gasteiger partial charge in [-0.25, -0.2) is 0 Å². The van der Waals surface area contributed by atoms with E-state index in [9.17, 15) is 0 Å². The summed E-state index contributed by atoms with van der Waals surface area (Å²) in [5.41, 5.74) is 7.77. The molecule has 5 nitrogen and oxygen atoms in total. The van der Waals surface area contributed by atoms with Crippen molar-refractivity contribution in [3.63, 3.8) is 0 Å². The monoisotopic (exact) mass is 272 g/mol. The molecule has 5 heteroatoms. The molecule has 2 aromatic heterocycles. The average Bonchev–Trinajstić information content (AvgIpc) is 2.93. The molecule has 0 spiro atoms. The summed E-state index contributed by atoms with van der Waals surface area (Å²) in [6, 6.07) is 3.88. The van der Waals surface area contributed by atoms with E-state index < -0.39 is 5.54 Å². The minimum atomic E-state index is -0.472. The van der Waals surface area contributed by atoms with E-state index in [0.717, 1.165) is 42.9 Å². The Morgan fingerprint density at radius 3 is 2.80 bits per heavy atom. The van der Waals surface area contributed by atoms with Crippen molar-refractivity contribution < 1.29 is 4.52 Å². The Bertz CT molecular complexity index is 599. The summed E-state index contributed by atoms with van der Waals surface area (Å²) < 4.78 is 5.43. The molecule has 1 saturated carbocycles. The van der Waals surface area contributed by atoms with Crippen LogP contribution in [-0.4, -0.2) is 15.1 Å². The van der Waals surface area contributed by atoms with Gasteiger partial charge >= 0.3 is 0 Å². The number of nitrogens with zero attached hydrogens (tertiary/aromatic N) is 3. The molecule has 0 aliphatic heterocycles. The largest absolute Gasteiger partial charge is 0.337 e. The molecule has 2 N–H and O–H groups in total. The van der Waals surface area contributed by atoms with Crippen molar-refractivity contribution in [1.29, 1.82) is 0 Å². The molecule has 0 amide bonds. The SMILES string of the molecule is Cc1cccnc1-c1noc(C2(N)CCC(C)CC2)n1. The lowest BCUT2D eigenvalue weighted by Gasteiger charge is -2.32. The Balaban J connectivity index is 1.89. The number of aryl methyl sites for hydroxylation is 1. The predicted molar refractivity (Wildman–Crippen MR) is 75.8 cm³/mol. The summed E-state index contributed by atoms with van der Waals surface area (Å²) in [5.74, 6) is 1.80. The number of hydrogen-bond acceptors (Lipinski definition) is 5. The highest BCUT2D eigenvalue weighted by Crippen LogP contribution is 2.37. The molecular weight excluding hydrogens is 252 g/mol. The van der Waals surface area contributed by atoms with Crippen molar-refractivity contribution in [2.24, 2.45) is 11.7 Å². The number of pyridine rings is 1. The molecule has 2 heterocycles. The van der Waals surface area contributed by atoms with Gasteiger partial charge in [0.2, 0.25) is 11.7 Å². The van der Waals surface area contributed by atoms with Crippen molar-refractivity contribution in [3.8, 4) is 11.5 Å². The lowest BCUT2D eigenvalue weighted by Crippen LogP contribution is -2.40. The maximum Gasteiger partial charge on any atom is 0.247 e. The van der Waals surface area contributed by atoms with E-state index in [4.69, 9.17) is 10.3 Å². The smallest absolute Gasteiger partial charge is 0.247 e. The Morgan fingerprint density at radius 2 is 2.10 bits per heavy atom. The van der Waals surface area contributed by atoms with Crippen LogP contribution >= 0.6 is 0 Å². The predicted octanol–water partition coefficient (Wildman–Crippen LogP) is 2.80. The van der Waals surface area contributed by atoms with Gasteiger partial charge in [-0.2, -0.15) is 4.98 Å². The third kappa shape index (κ3) is 2.33. The molecule has 0 bridgehead atoms. The molecule has 20 heavy (non-hydrogen) atoms. The highest BCUT2D eigenvalue weighted by Gasteiger charge is 2.37. The number of nitrogens with two attached hydrogens (primary N) is 1. The first kappa shape index (κ1) is 13.2. The van der Waals surface area contributed by atoms with Gasteiger partial charge in [-0.1, -0.05) is 18.1 Å². The minimum Gasteiger partial charge on any atom is -0.337 e. The van der Waals surface area contributed by atoms with E-state index in [1.807, 2.05) is 19.1 Å². The maximum absolute atomic E-state index is 6.46. The highest BCUT2D eigenvalue weighted by molar-refractivity contribution is 5.53. The van der Waals surface area contributed by atoms with Crippen molar-refractivity contribution in [2.45, 2.75) is 45.1 Å². The van der Waals surface area contributed by atoms with Crippen molar-refractivity contribution >= 4 is 0 Å². The Kier molecular flexibility index (Phi) is 3.30. The first-order valence-electron chi connectivity index (χ1n) is 7.13. The van der Waals surface area contributed by atoms with Crippen molar-refractivity contribution in [1.82, 2.24) is 15.1 Å². The summed E-state index contributed by atoms with van der Waals surface area (Å²) >= 11 is 0. The van der Waals surface area contributed by atoms with Crippen LogP contribution < -0.4 is 5.73 Å². The second kappa shape index (κ2) is 4.98. The summed E-state index contributed by atoms with van der Waals surface area (Å²) in [6.07, 6.45) is 5.75. The van der Waals surface area contributed by atoms with E-state index >= 15 is 0 Å². The molecule has 2 aromatic rings. The van der Waals surface area contributed by atoms with Crippen LogP contribution in [0.15, 0.2) is 22.9 Å². The second-order valence-corrected chi connectivity index (χ2v) is 5.93. The minimum absolute atomic E-state index is 0.472. The average molecular weight is 272 g/mol. The third-order valence-electron chi connectivity index (χ3n) is 4.24. The fraction of sp³-hybridized carbons (Fsp3) is 0.533. The normalized spacial score (nSPS) is 26.6. The van der Waals surface area contributed by atoms with Crippen LogP contribution in [0.3, 0.4) is 0 Å². The fourth-order valence-electron chi connectivity index (χ4n) is 2.73. The van der Waals surface area contributed by atoms with Crippen molar-refractivity contribution in [2.75, 3.05) is 0 Å². The molecule has 0 radical (unpaired) electrons. The van der Waals surface area contributed by atoms with E-state index in [-0.39, 0.29) is 0 Å². The van der Waals surface area contributed by atoms with E-state index in [1.54, 1.807) is 6.20 Å². The van der Waals surface area contributed by atoms with E-state index in [0.29, 0.717) is 11.7 Å². The van der Waals surface area contributed by atoms with Gasteiger partial charge < -0.3 is 10.3 Å². The van der Waals surface area contributed by atoms with Gasteiger partial charge in [-0.3, -0.25) is 4.98 Å². The molecule has 1 fully saturated rings. The molecule has 0 aromatic carbocycles. The maximum atomic E-state index is 6.46. The van der Waals surface area contributed by atoms with Gasteiger partial charge in [-0.15, -0.1) is 0 Å². The lowest BCUT2D eigenvalue weighted by atomic mass is 9.78. The van der Waals surface area contributed by atoms with Gasteiger partial charge in [-0.05, 0) is 50.2 Å². The van der Waals surface area contributed by atoms with Crippen LogP contribution in [0.25, 0.3) is 11.5 Å². The topological polar surface area (TPSA) is 77.8 Å². The molecule has 0 saturated heterocycles. The Hall–Kier alpha value is -1.75. The van der Waals surface area contributed by atoms with Crippen LogP contribution in [-0.2, 0) is 5.54 Å². The molecular formula is C15H20N4O. The number of hydrogen-bond donors (Lipinski definition) is 1. The fourth-order valence-corrected chi connectivity index (χ4v) is 2.73. The van der Waals surface area contributed by atoms with Gasteiger partial charge in [0.25, 0.3) is 0 Å². The zero-order valence-corrected chi connectivity index (χ0v) is 12.0. The van der Waals surface area contributed by atoms with Gasteiger partial charge in [0.15, 0.2) is 0 Å². The third-order valence-corrected chi connectivity index (χ3v) is 4.24. The molecule has 0 unspecified atom stereocenters. The second-order valence-electron chi connectivity index (χ2n) is 5.93. The summed E-state index contributed by atoms with van der Waals surface area (Å²) in [6.45, 7) is 4.24. The van der Waals surface area contributed by atoms with E-state index in [1.165, 1.54) is 0 Å². The van der Waals surface area contributed by atoms with Crippen LogP contribution in [0.1, 0.15) is 44.1 Å². The molecule has 0 atom stereocenters. The van der Waals surface area contributed by atoms with E-state index in [2.05, 4.69) is 22.0 Å². The number of aromatic nitrogens is 3. The molecule has 1 aliphatic rings. The molecule has 3 rings (SSSR count). The zero-order valence-electron chi connectivity index (χ0n) is 12.0. The van der Waals surface area contributed by atoms with Crippen LogP contribution in [0.2, 0.25) is 0 Å². The Labute approximate surface area is 118 Å². The highest BCUT2D eigenvalue weighted by atomic mass is 16.5. The first-order valence-corrected chi connectivity index (χ1v) is 7.13. The number of rotatable bonds is 2. The lowest BCUT2D eigenvalue weighted by molar-refractivity contribution is 0.190. The Morgan fingerprint density at radius 1 is 1.35 bits per heavy atom. The quantitative estimate of drug-likeness (QED) is 0.909. The van der Waals surface area contributed by atoms with Crippen LogP contribution in [0.4, 0.5) is 0 Å². The van der Waals surface area contributed by atoms with Gasteiger partial charge in [0, 0.05) is 6.20 Å². The van der Waals surface area contributed by atoms with Crippen LogP contribution in [0.5, 0.6) is 0 Å². The first-order chi connectivity index (χ1) is 9.58. The summed E-state index contributed by atoms with van der Waals surface area (Å²) in [4.78, 5) is 8.81. The van der Waals surface area contributed by atoms with Crippen molar-refractivity contribution in [3.05, 3.63) is 29.8 Å². The van der Waals surface area contributed by atoms with Gasteiger partial charge in [0.05, 0.1) is 5.54 Å². The zero-order chi connectivity index (χ0) is 14.2. The molecule has 1 aliphatic carbocycles. The summed E-state index contributed by atoms with van der Waals surface area (Å²) in [5, 5.41) is 4.06. The standard InChI is InChI=1S/C15H20N4O/c1-10-5-7-15(16,8-6-10)14-18-13(19-20-14)12-11(2)4-3-9-17-12/h3-4,9-10H,5-8,16H2,1-2H3.